The van der Waals surface area contributed by atoms with Gasteiger partial charge in [-0.25, -0.2) is 0 Å². The van der Waals surface area contributed by atoms with Crippen LogP contribution in [0.4, 0.5) is 11.4 Å². The smallest absolute Gasteiger partial charge is 0.128 e. The van der Waals surface area contributed by atoms with Crippen molar-refractivity contribution in [2.24, 2.45) is 0 Å². The summed E-state index contributed by atoms with van der Waals surface area (Å²) in [6.07, 6.45) is 1.86. The van der Waals surface area contributed by atoms with Crippen LogP contribution in [0.15, 0.2) is 30.5 Å². The first-order valence-electron chi connectivity index (χ1n) is 6.58. The molecule has 0 radical (unpaired) electrons. The maximum Gasteiger partial charge on any atom is 0.128 e. The standard InChI is InChI=1S/C16H21N3O/c1-11-9-18-15(12(2)16(11)20-4)10-19(3)14-7-5-6-13(17)8-14/h5-9H,10,17H2,1-4H3. The van der Waals surface area contributed by atoms with Crippen molar-refractivity contribution in [3.63, 3.8) is 0 Å². The van der Waals surface area contributed by atoms with Gasteiger partial charge in [0.15, 0.2) is 0 Å². The normalized spacial score (nSPS) is 10.4. The number of rotatable bonds is 4. The fourth-order valence-corrected chi connectivity index (χ4v) is 2.31. The van der Waals surface area contributed by atoms with Gasteiger partial charge in [-0.15, -0.1) is 0 Å². The van der Waals surface area contributed by atoms with E-state index < -0.39 is 0 Å². The van der Waals surface area contributed by atoms with E-state index in [2.05, 4.69) is 9.88 Å². The Balaban J connectivity index is 2.26. The van der Waals surface area contributed by atoms with Gasteiger partial charge in [-0.1, -0.05) is 6.07 Å². The highest BCUT2D eigenvalue weighted by Gasteiger charge is 2.11. The molecule has 0 unspecified atom stereocenters. The molecule has 1 aromatic heterocycles. The number of aryl methyl sites for hydroxylation is 1. The molecule has 0 atom stereocenters. The number of anilines is 2. The lowest BCUT2D eigenvalue weighted by atomic mass is 10.1. The molecule has 0 saturated heterocycles. The molecule has 0 aliphatic rings. The minimum atomic E-state index is 0.714. The van der Waals surface area contributed by atoms with E-state index in [1.807, 2.05) is 51.4 Å². The summed E-state index contributed by atoms with van der Waals surface area (Å²) in [6.45, 7) is 4.76. The van der Waals surface area contributed by atoms with Crippen LogP contribution in [-0.2, 0) is 6.54 Å². The third-order valence-corrected chi connectivity index (χ3v) is 3.45. The molecule has 2 aromatic rings. The lowest BCUT2D eigenvalue weighted by Crippen LogP contribution is -2.18. The molecule has 2 rings (SSSR count). The Morgan fingerprint density at radius 2 is 2.05 bits per heavy atom. The van der Waals surface area contributed by atoms with Gasteiger partial charge in [-0.2, -0.15) is 0 Å². The van der Waals surface area contributed by atoms with Crippen LogP contribution in [0.1, 0.15) is 16.8 Å². The van der Waals surface area contributed by atoms with Gasteiger partial charge in [0.25, 0.3) is 0 Å². The number of methoxy groups -OCH3 is 1. The van der Waals surface area contributed by atoms with E-state index in [0.29, 0.717) is 6.54 Å². The predicted molar refractivity (Wildman–Crippen MR) is 83.2 cm³/mol. The van der Waals surface area contributed by atoms with Crippen LogP contribution >= 0.6 is 0 Å². The molecule has 1 heterocycles. The van der Waals surface area contributed by atoms with Gasteiger partial charge in [-0.05, 0) is 32.0 Å². The first-order chi connectivity index (χ1) is 9.52. The SMILES string of the molecule is COc1c(C)cnc(CN(C)c2cccc(N)c2)c1C. The third-order valence-electron chi connectivity index (χ3n) is 3.45. The highest BCUT2D eigenvalue weighted by atomic mass is 16.5. The van der Waals surface area contributed by atoms with Crippen molar-refractivity contribution < 1.29 is 4.74 Å². The number of ether oxygens (including phenoxy) is 1. The molecule has 0 fully saturated rings. The number of benzene rings is 1. The zero-order chi connectivity index (χ0) is 14.7. The van der Waals surface area contributed by atoms with Crippen molar-refractivity contribution in [3.05, 3.63) is 47.3 Å². The van der Waals surface area contributed by atoms with Crippen LogP contribution in [-0.4, -0.2) is 19.1 Å². The predicted octanol–water partition coefficient (Wildman–Crippen LogP) is 2.93. The Morgan fingerprint density at radius 1 is 1.30 bits per heavy atom. The van der Waals surface area contributed by atoms with E-state index in [4.69, 9.17) is 10.5 Å². The van der Waals surface area contributed by atoms with Gasteiger partial charge in [0.2, 0.25) is 0 Å². The minimum absolute atomic E-state index is 0.714. The molecule has 2 N–H and O–H groups in total. The lowest BCUT2D eigenvalue weighted by Gasteiger charge is -2.21. The topological polar surface area (TPSA) is 51.4 Å². The molecular weight excluding hydrogens is 250 g/mol. The quantitative estimate of drug-likeness (QED) is 0.869. The summed E-state index contributed by atoms with van der Waals surface area (Å²) in [6, 6.07) is 7.84. The summed E-state index contributed by atoms with van der Waals surface area (Å²) in [4.78, 5) is 6.65. The van der Waals surface area contributed by atoms with Crippen molar-refractivity contribution in [1.29, 1.82) is 0 Å². The summed E-state index contributed by atoms with van der Waals surface area (Å²) < 4.78 is 5.44. The molecule has 0 aliphatic carbocycles. The molecule has 0 aliphatic heterocycles. The van der Waals surface area contributed by atoms with Crippen LogP contribution < -0.4 is 15.4 Å². The summed E-state index contributed by atoms with van der Waals surface area (Å²) in [7, 11) is 3.73. The van der Waals surface area contributed by atoms with Crippen molar-refractivity contribution in [3.8, 4) is 5.75 Å². The number of aromatic nitrogens is 1. The second-order valence-corrected chi connectivity index (χ2v) is 5.00. The maximum absolute atomic E-state index is 5.82. The van der Waals surface area contributed by atoms with Crippen LogP contribution in [0.25, 0.3) is 0 Å². The van der Waals surface area contributed by atoms with E-state index >= 15 is 0 Å². The average Bonchev–Trinajstić information content (AvgIpc) is 2.42. The molecule has 0 bridgehead atoms. The van der Waals surface area contributed by atoms with Crippen LogP contribution in [0.2, 0.25) is 0 Å². The van der Waals surface area contributed by atoms with Gasteiger partial charge < -0.3 is 15.4 Å². The summed E-state index contributed by atoms with van der Waals surface area (Å²) in [5.74, 6) is 0.913. The number of hydrogen-bond donors (Lipinski definition) is 1. The first-order valence-corrected chi connectivity index (χ1v) is 6.58. The Hall–Kier alpha value is -2.23. The zero-order valence-corrected chi connectivity index (χ0v) is 12.5. The number of hydrogen-bond acceptors (Lipinski definition) is 4. The molecule has 20 heavy (non-hydrogen) atoms. The number of nitrogens with two attached hydrogens (primary N) is 1. The molecule has 0 saturated carbocycles. The van der Waals surface area contributed by atoms with Gasteiger partial charge in [0, 0.05) is 35.7 Å². The second kappa shape index (κ2) is 5.82. The lowest BCUT2D eigenvalue weighted by molar-refractivity contribution is 0.407. The van der Waals surface area contributed by atoms with Crippen molar-refractivity contribution in [1.82, 2.24) is 4.98 Å². The highest BCUT2D eigenvalue weighted by molar-refractivity contribution is 5.56. The van der Waals surface area contributed by atoms with E-state index in [1.165, 1.54) is 0 Å². The number of nitrogens with zero attached hydrogens (tertiary/aromatic N) is 2. The van der Waals surface area contributed by atoms with E-state index in [-0.39, 0.29) is 0 Å². The summed E-state index contributed by atoms with van der Waals surface area (Å²) in [5, 5.41) is 0. The van der Waals surface area contributed by atoms with E-state index in [9.17, 15) is 0 Å². The fourth-order valence-electron chi connectivity index (χ4n) is 2.31. The largest absolute Gasteiger partial charge is 0.496 e. The summed E-state index contributed by atoms with van der Waals surface area (Å²) in [5.41, 5.74) is 10.8. The first kappa shape index (κ1) is 14.2. The van der Waals surface area contributed by atoms with Crippen LogP contribution in [0.3, 0.4) is 0 Å². The monoisotopic (exact) mass is 271 g/mol. The fraction of sp³-hybridized carbons (Fsp3) is 0.312. The Labute approximate surface area is 120 Å². The van der Waals surface area contributed by atoms with Gasteiger partial charge in [0.1, 0.15) is 5.75 Å². The summed E-state index contributed by atoms with van der Waals surface area (Å²) >= 11 is 0. The second-order valence-electron chi connectivity index (χ2n) is 5.00. The van der Waals surface area contributed by atoms with Crippen LogP contribution in [0, 0.1) is 13.8 Å². The Bertz CT molecular complexity index is 611. The molecule has 1 aromatic carbocycles. The third kappa shape index (κ3) is 2.85. The van der Waals surface area contributed by atoms with Crippen molar-refractivity contribution >= 4 is 11.4 Å². The van der Waals surface area contributed by atoms with Crippen molar-refractivity contribution in [2.75, 3.05) is 24.8 Å². The number of pyridine rings is 1. The van der Waals surface area contributed by atoms with Crippen LogP contribution in [0.5, 0.6) is 5.75 Å². The maximum atomic E-state index is 5.82. The Kier molecular flexibility index (Phi) is 4.13. The number of nitrogen functional groups attached to an aromatic ring is 1. The van der Waals surface area contributed by atoms with Gasteiger partial charge in [0.05, 0.1) is 19.3 Å². The van der Waals surface area contributed by atoms with Crippen molar-refractivity contribution in [2.45, 2.75) is 20.4 Å². The Morgan fingerprint density at radius 3 is 2.70 bits per heavy atom. The van der Waals surface area contributed by atoms with Gasteiger partial charge >= 0.3 is 0 Å². The van der Waals surface area contributed by atoms with E-state index in [0.717, 1.165) is 33.9 Å². The highest BCUT2D eigenvalue weighted by Crippen LogP contribution is 2.26. The van der Waals surface area contributed by atoms with Gasteiger partial charge in [-0.3, -0.25) is 4.98 Å². The molecule has 4 heteroatoms. The zero-order valence-electron chi connectivity index (χ0n) is 12.5. The molecule has 0 amide bonds. The molecule has 0 spiro atoms. The molecular formula is C16H21N3O. The molecule has 4 nitrogen and oxygen atoms in total. The van der Waals surface area contributed by atoms with E-state index in [1.54, 1.807) is 7.11 Å². The molecule has 106 valence electrons. The minimum Gasteiger partial charge on any atom is -0.496 e. The average molecular weight is 271 g/mol.